The average molecular weight is 295 g/mol. The molecule has 0 aliphatic heterocycles. The van der Waals surface area contributed by atoms with Gasteiger partial charge in [-0.1, -0.05) is 11.3 Å². The van der Waals surface area contributed by atoms with Crippen LogP contribution in [0.15, 0.2) is 6.33 Å². The molecule has 0 bridgehead atoms. The number of Topliss-reactive ketones (excluding diaryl/α,β-unsaturated/α-hetero) is 1. The summed E-state index contributed by atoms with van der Waals surface area (Å²) in [7, 11) is 3.07. The summed E-state index contributed by atoms with van der Waals surface area (Å²) in [5, 5.41) is 11.1. The Morgan fingerprint density at radius 2 is 2.25 bits per heavy atom. The molecule has 1 N–H and O–H groups in total. The topological polar surface area (TPSA) is 99.0 Å². The lowest BCUT2D eigenvalue weighted by Gasteiger charge is -2.00. The molecule has 2 heterocycles. The number of hydrogen-bond donors (Lipinski definition) is 1. The molecule has 8 nitrogen and oxygen atoms in total. The maximum Gasteiger partial charge on any atom is 0.358 e. The summed E-state index contributed by atoms with van der Waals surface area (Å²) >= 11 is 1.11. The van der Waals surface area contributed by atoms with Crippen LogP contribution >= 0.6 is 11.3 Å². The van der Waals surface area contributed by atoms with Gasteiger partial charge in [-0.2, -0.15) is 0 Å². The quantitative estimate of drug-likeness (QED) is 0.645. The number of carbonyl (C=O) groups is 2. The minimum atomic E-state index is -0.627. The van der Waals surface area contributed by atoms with Crippen molar-refractivity contribution in [2.24, 2.45) is 7.05 Å². The van der Waals surface area contributed by atoms with Gasteiger partial charge < -0.3 is 14.6 Å². The van der Waals surface area contributed by atoms with E-state index in [1.54, 1.807) is 10.9 Å². The number of methoxy groups -OCH3 is 1. The summed E-state index contributed by atoms with van der Waals surface area (Å²) in [5.41, 5.74) is 0.0328. The van der Waals surface area contributed by atoms with Crippen molar-refractivity contribution in [2.75, 3.05) is 12.4 Å². The smallest absolute Gasteiger partial charge is 0.358 e. The number of nitrogens with zero attached hydrogens (tertiary/aromatic N) is 4. The van der Waals surface area contributed by atoms with Crippen LogP contribution in [0.2, 0.25) is 0 Å². The van der Waals surface area contributed by atoms with Crippen molar-refractivity contribution in [3.63, 3.8) is 0 Å². The number of aromatic nitrogens is 4. The molecule has 20 heavy (non-hydrogen) atoms. The van der Waals surface area contributed by atoms with E-state index in [1.807, 2.05) is 7.05 Å². The Hall–Kier alpha value is -2.29. The fourth-order valence-electron chi connectivity index (χ4n) is 1.49. The predicted molar refractivity (Wildman–Crippen MR) is 71.8 cm³/mol. The van der Waals surface area contributed by atoms with Crippen LogP contribution in [-0.4, -0.2) is 38.6 Å². The molecular formula is C11H13N5O3S. The van der Waals surface area contributed by atoms with Crippen molar-refractivity contribution in [2.45, 2.75) is 13.5 Å². The maximum absolute atomic E-state index is 11.6. The second kappa shape index (κ2) is 5.78. The van der Waals surface area contributed by atoms with Gasteiger partial charge in [0.25, 0.3) is 0 Å². The normalized spacial score (nSPS) is 10.3. The van der Waals surface area contributed by atoms with Crippen LogP contribution in [0.1, 0.15) is 32.9 Å². The van der Waals surface area contributed by atoms with Gasteiger partial charge in [-0.05, 0) is 0 Å². The first kappa shape index (κ1) is 14.1. The molecule has 0 saturated carbocycles. The Labute approximate surface area is 118 Å². The van der Waals surface area contributed by atoms with Gasteiger partial charge >= 0.3 is 5.97 Å². The summed E-state index contributed by atoms with van der Waals surface area (Å²) in [5.74, 6) is -0.142. The summed E-state index contributed by atoms with van der Waals surface area (Å²) in [6.07, 6.45) is 1.58. The first-order valence-electron chi connectivity index (χ1n) is 5.69. The molecule has 2 aromatic rings. The lowest BCUT2D eigenvalue weighted by molar-refractivity contribution is 0.0591. The van der Waals surface area contributed by atoms with Crippen molar-refractivity contribution in [3.8, 4) is 0 Å². The number of nitrogens with one attached hydrogen (secondary N) is 1. The Balaban J connectivity index is 2.19. The van der Waals surface area contributed by atoms with Gasteiger partial charge in [-0.15, -0.1) is 10.2 Å². The second-order valence-corrected chi connectivity index (χ2v) is 4.96. The highest BCUT2D eigenvalue weighted by Gasteiger charge is 2.21. The molecule has 0 spiro atoms. The molecule has 0 aliphatic carbocycles. The monoisotopic (exact) mass is 295 g/mol. The first-order valence-corrected chi connectivity index (χ1v) is 6.51. The van der Waals surface area contributed by atoms with Gasteiger partial charge in [-0.25, -0.2) is 9.78 Å². The Bertz CT molecular complexity index is 648. The number of ketones is 1. The second-order valence-electron chi connectivity index (χ2n) is 3.96. The third-order valence-corrected chi connectivity index (χ3v) is 3.64. The van der Waals surface area contributed by atoms with E-state index >= 15 is 0 Å². The van der Waals surface area contributed by atoms with Gasteiger partial charge in [0, 0.05) is 14.0 Å². The zero-order valence-corrected chi connectivity index (χ0v) is 12.0. The number of rotatable bonds is 5. The summed E-state index contributed by atoms with van der Waals surface area (Å²) in [6, 6.07) is 0. The van der Waals surface area contributed by atoms with Crippen LogP contribution < -0.4 is 5.32 Å². The van der Waals surface area contributed by atoms with Crippen LogP contribution in [0, 0.1) is 0 Å². The molecule has 0 saturated heterocycles. The van der Waals surface area contributed by atoms with E-state index in [1.165, 1.54) is 14.0 Å². The molecule has 2 rings (SSSR count). The number of carbonyl (C=O) groups excluding carboxylic acids is 2. The van der Waals surface area contributed by atoms with Crippen LogP contribution in [0.5, 0.6) is 0 Å². The molecule has 0 fully saturated rings. The van der Waals surface area contributed by atoms with Gasteiger partial charge in [0.15, 0.2) is 22.4 Å². The van der Waals surface area contributed by atoms with E-state index in [-0.39, 0.29) is 16.4 Å². The SMILES string of the molecule is COC(=O)c1nc(NCc2nncn2C)sc1C(C)=O. The standard InChI is InChI=1S/C11H13N5O3S/c1-6(17)9-8(10(18)19-3)14-11(20-9)12-4-7-15-13-5-16(7)2/h5H,4H2,1-3H3,(H,12,14). The number of ether oxygens (including phenoxy) is 1. The summed E-state index contributed by atoms with van der Waals surface area (Å²) in [4.78, 5) is 27.4. The molecule has 0 aromatic carbocycles. The first-order chi connectivity index (χ1) is 9.52. The predicted octanol–water partition coefficient (Wildman–Crippen LogP) is 0.873. The van der Waals surface area contributed by atoms with Crippen molar-refractivity contribution >= 4 is 28.2 Å². The lowest BCUT2D eigenvalue weighted by atomic mass is 10.3. The molecule has 0 unspecified atom stereocenters. The maximum atomic E-state index is 11.6. The Kier molecular flexibility index (Phi) is 4.08. The van der Waals surface area contributed by atoms with E-state index in [4.69, 9.17) is 0 Å². The van der Waals surface area contributed by atoms with Gasteiger partial charge in [0.05, 0.1) is 13.7 Å². The fourth-order valence-corrected chi connectivity index (χ4v) is 2.34. The van der Waals surface area contributed by atoms with E-state index in [0.717, 1.165) is 11.3 Å². The largest absolute Gasteiger partial charge is 0.464 e. The van der Waals surface area contributed by atoms with Crippen molar-refractivity contribution in [1.82, 2.24) is 19.7 Å². The Morgan fingerprint density at radius 3 is 2.80 bits per heavy atom. The van der Waals surface area contributed by atoms with Crippen LogP contribution in [0.25, 0.3) is 0 Å². The zero-order valence-electron chi connectivity index (χ0n) is 11.2. The number of aryl methyl sites for hydroxylation is 1. The van der Waals surface area contributed by atoms with E-state index in [2.05, 4.69) is 25.2 Å². The fraction of sp³-hybridized carbons (Fsp3) is 0.364. The van der Waals surface area contributed by atoms with E-state index in [0.29, 0.717) is 17.5 Å². The third-order valence-electron chi connectivity index (χ3n) is 2.53. The summed E-state index contributed by atoms with van der Waals surface area (Å²) < 4.78 is 6.37. The third kappa shape index (κ3) is 2.82. The molecular weight excluding hydrogens is 282 g/mol. The highest BCUT2D eigenvalue weighted by atomic mass is 32.1. The lowest BCUT2D eigenvalue weighted by Crippen LogP contribution is -2.08. The Morgan fingerprint density at radius 1 is 1.50 bits per heavy atom. The number of hydrogen-bond acceptors (Lipinski definition) is 8. The highest BCUT2D eigenvalue weighted by Crippen LogP contribution is 2.24. The molecule has 9 heteroatoms. The van der Waals surface area contributed by atoms with Gasteiger partial charge in [-0.3, -0.25) is 4.79 Å². The number of anilines is 1. The van der Waals surface area contributed by atoms with Crippen molar-refractivity contribution < 1.29 is 14.3 Å². The van der Waals surface area contributed by atoms with E-state index < -0.39 is 5.97 Å². The molecule has 0 aliphatic rings. The molecule has 106 valence electrons. The minimum Gasteiger partial charge on any atom is -0.464 e. The van der Waals surface area contributed by atoms with Gasteiger partial charge in [0.2, 0.25) is 0 Å². The van der Waals surface area contributed by atoms with Gasteiger partial charge in [0.1, 0.15) is 11.2 Å². The number of esters is 1. The van der Waals surface area contributed by atoms with Crippen molar-refractivity contribution in [3.05, 3.63) is 22.7 Å². The highest BCUT2D eigenvalue weighted by molar-refractivity contribution is 7.17. The van der Waals surface area contributed by atoms with Crippen LogP contribution in [0.3, 0.4) is 0 Å². The van der Waals surface area contributed by atoms with Crippen LogP contribution in [-0.2, 0) is 18.3 Å². The van der Waals surface area contributed by atoms with Crippen molar-refractivity contribution in [1.29, 1.82) is 0 Å². The number of thiazole rings is 1. The molecule has 2 aromatic heterocycles. The minimum absolute atomic E-state index is 0.0328. The molecule has 0 atom stereocenters. The zero-order chi connectivity index (χ0) is 14.7. The molecule has 0 radical (unpaired) electrons. The average Bonchev–Trinajstić information content (AvgIpc) is 3.01. The van der Waals surface area contributed by atoms with E-state index in [9.17, 15) is 9.59 Å². The van der Waals surface area contributed by atoms with Crippen LogP contribution in [0.4, 0.5) is 5.13 Å². The molecule has 0 amide bonds. The summed E-state index contributed by atoms with van der Waals surface area (Å²) in [6.45, 7) is 1.77.